The van der Waals surface area contributed by atoms with E-state index in [2.05, 4.69) is 5.32 Å². The van der Waals surface area contributed by atoms with Crippen LogP contribution in [0.1, 0.15) is 46.1 Å². The number of cyclic esters (lactones) is 1. The average Bonchev–Trinajstić information content (AvgIpc) is 3.32. The number of carbonyl (C=O) groups excluding carboxylic acids is 3. The molecule has 1 saturated heterocycles. The van der Waals surface area contributed by atoms with Crippen molar-refractivity contribution >= 4 is 17.8 Å². The standard InChI is InChI=1S/C23H24N2O6/c1-13-4-6-14(7-5-13)12-24-21(27)16-9-11-18(26)25(16)22-15-8-10-17(29-2)20(30-3)19(15)23(28)31-22/h4-8,10,16,22H,9,11-12H2,1-3H3,(H,24,27)/t16-,22+/m1/s1. The first-order chi connectivity index (χ1) is 14.9. The van der Waals surface area contributed by atoms with Crippen molar-refractivity contribution in [2.24, 2.45) is 0 Å². The Labute approximate surface area is 180 Å². The Hall–Kier alpha value is -3.55. The molecule has 2 aromatic rings. The van der Waals surface area contributed by atoms with E-state index in [9.17, 15) is 14.4 Å². The lowest BCUT2D eigenvalue weighted by Gasteiger charge is -2.29. The van der Waals surface area contributed by atoms with Crippen molar-refractivity contribution in [1.29, 1.82) is 0 Å². The molecule has 0 spiro atoms. The van der Waals surface area contributed by atoms with E-state index in [1.807, 2.05) is 31.2 Å². The number of rotatable bonds is 6. The number of likely N-dealkylation sites (tertiary alicyclic amines) is 1. The molecule has 1 N–H and O–H groups in total. The summed E-state index contributed by atoms with van der Waals surface area (Å²) in [6, 6.07) is 10.4. The second kappa shape index (κ2) is 8.29. The van der Waals surface area contributed by atoms with Crippen LogP contribution in [-0.2, 0) is 20.9 Å². The second-order valence-electron chi connectivity index (χ2n) is 7.58. The van der Waals surface area contributed by atoms with E-state index in [1.165, 1.54) is 19.1 Å². The van der Waals surface area contributed by atoms with E-state index in [1.54, 1.807) is 12.1 Å². The van der Waals surface area contributed by atoms with Crippen LogP contribution < -0.4 is 14.8 Å². The summed E-state index contributed by atoms with van der Waals surface area (Å²) in [6.45, 7) is 2.35. The first-order valence-corrected chi connectivity index (χ1v) is 10.0. The summed E-state index contributed by atoms with van der Waals surface area (Å²) in [6.07, 6.45) is -0.415. The van der Waals surface area contributed by atoms with Crippen molar-refractivity contribution < 1.29 is 28.6 Å². The first kappa shape index (κ1) is 20.7. The van der Waals surface area contributed by atoms with E-state index < -0.39 is 18.2 Å². The third kappa shape index (κ3) is 3.69. The molecule has 0 saturated carbocycles. The number of hydrogen-bond donors (Lipinski definition) is 1. The Morgan fingerprint density at radius 1 is 1.13 bits per heavy atom. The molecule has 4 rings (SSSR count). The number of amides is 2. The van der Waals surface area contributed by atoms with Gasteiger partial charge in [-0.2, -0.15) is 0 Å². The molecule has 2 aliphatic rings. The average molecular weight is 424 g/mol. The Kier molecular flexibility index (Phi) is 5.54. The van der Waals surface area contributed by atoms with Crippen molar-refractivity contribution in [2.75, 3.05) is 14.2 Å². The van der Waals surface area contributed by atoms with Gasteiger partial charge in [-0.3, -0.25) is 14.5 Å². The lowest BCUT2D eigenvalue weighted by atomic mass is 10.0. The molecule has 2 amide bonds. The summed E-state index contributed by atoms with van der Waals surface area (Å²) in [5.41, 5.74) is 2.79. The summed E-state index contributed by atoms with van der Waals surface area (Å²) in [4.78, 5) is 39.6. The van der Waals surface area contributed by atoms with E-state index in [0.29, 0.717) is 24.3 Å². The van der Waals surface area contributed by atoms with Crippen molar-refractivity contribution in [3.05, 3.63) is 58.7 Å². The topological polar surface area (TPSA) is 94.2 Å². The van der Waals surface area contributed by atoms with Gasteiger partial charge in [-0.25, -0.2) is 4.79 Å². The van der Waals surface area contributed by atoms with Crippen LogP contribution in [0.5, 0.6) is 11.5 Å². The van der Waals surface area contributed by atoms with Crippen molar-refractivity contribution in [3.63, 3.8) is 0 Å². The molecule has 8 nitrogen and oxygen atoms in total. The van der Waals surface area contributed by atoms with Gasteiger partial charge in [0.05, 0.1) is 14.2 Å². The van der Waals surface area contributed by atoms with E-state index in [4.69, 9.17) is 14.2 Å². The highest BCUT2D eigenvalue weighted by Gasteiger charge is 2.47. The third-order valence-corrected chi connectivity index (χ3v) is 5.66. The molecule has 8 heteroatoms. The van der Waals surface area contributed by atoms with Crippen LogP contribution in [0.15, 0.2) is 36.4 Å². The number of methoxy groups -OCH3 is 2. The van der Waals surface area contributed by atoms with Gasteiger partial charge in [-0.15, -0.1) is 0 Å². The zero-order valence-electron chi connectivity index (χ0n) is 17.6. The van der Waals surface area contributed by atoms with Crippen LogP contribution in [-0.4, -0.2) is 42.9 Å². The van der Waals surface area contributed by atoms with Gasteiger partial charge in [0.15, 0.2) is 11.5 Å². The van der Waals surface area contributed by atoms with E-state index >= 15 is 0 Å². The lowest BCUT2D eigenvalue weighted by Crippen LogP contribution is -2.46. The number of esters is 1. The Morgan fingerprint density at radius 2 is 1.87 bits per heavy atom. The number of nitrogens with zero attached hydrogens (tertiary/aromatic N) is 1. The fourth-order valence-corrected chi connectivity index (χ4v) is 4.06. The zero-order valence-corrected chi connectivity index (χ0v) is 17.6. The predicted octanol–water partition coefficient (Wildman–Crippen LogP) is 2.49. The highest BCUT2D eigenvalue weighted by molar-refractivity contribution is 5.99. The molecule has 0 unspecified atom stereocenters. The summed E-state index contributed by atoms with van der Waals surface area (Å²) in [5, 5.41) is 2.89. The van der Waals surface area contributed by atoms with Gasteiger partial charge in [0.25, 0.3) is 0 Å². The summed E-state index contributed by atoms with van der Waals surface area (Å²) in [7, 11) is 2.90. The summed E-state index contributed by atoms with van der Waals surface area (Å²) >= 11 is 0. The second-order valence-corrected chi connectivity index (χ2v) is 7.58. The smallest absolute Gasteiger partial charge is 0.344 e. The van der Waals surface area contributed by atoms with Gasteiger partial charge in [0, 0.05) is 18.5 Å². The number of fused-ring (bicyclic) bond motifs is 1. The van der Waals surface area contributed by atoms with Crippen LogP contribution in [0, 0.1) is 6.92 Å². The number of ether oxygens (including phenoxy) is 3. The summed E-state index contributed by atoms with van der Waals surface area (Å²) in [5.74, 6) is -0.500. The number of benzene rings is 2. The fourth-order valence-electron chi connectivity index (χ4n) is 4.06. The quantitative estimate of drug-likeness (QED) is 0.716. The molecule has 0 radical (unpaired) electrons. The molecule has 2 aliphatic heterocycles. The molecule has 0 aliphatic carbocycles. The lowest BCUT2D eigenvalue weighted by molar-refractivity contribution is -0.145. The molecule has 0 bridgehead atoms. The highest BCUT2D eigenvalue weighted by atomic mass is 16.6. The Morgan fingerprint density at radius 3 is 2.55 bits per heavy atom. The Balaban J connectivity index is 1.57. The number of aryl methyl sites for hydroxylation is 1. The van der Waals surface area contributed by atoms with Gasteiger partial charge >= 0.3 is 5.97 Å². The van der Waals surface area contributed by atoms with Crippen LogP contribution in [0.4, 0.5) is 0 Å². The molecular weight excluding hydrogens is 400 g/mol. The number of hydrogen-bond acceptors (Lipinski definition) is 6. The van der Waals surface area contributed by atoms with Crippen molar-refractivity contribution in [1.82, 2.24) is 10.2 Å². The molecular formula is C23H24N2O6. The number of carbonyl (C=O) groups is 3. The van der Waals surface area contributed by atoms with Gasteiger partial charge in [-0.1, -0.05) is 29.8 Å². The third-order valence-electron chi connectivity index (χ3n) is 5.66. The Bertz CT molecular complexity index is 1030. The van der Waals surface area contributed by atoms with E-state index in [0.717, 1.165) is 11.1 Å². The maximum atomic E-state index is 12.9. The molecule has 2 atom stereocenters. The molecule has 2 aromatic carbocycles. The molecule has 1 fully saturated rings. The SMILES string of the molecule is COc1ccc2c(c1OC)C(=O)O[C@@H]2N1C(=O)CC[C@@H]1C(=O)NCc1ccc(C)cc1. The largest absolute Gasteiger partial charge is 0.493 e. The normalized spacial score (nSPS) is 19.8. The molecule has 2 heterocycles. The minimum Gasteiger partial charge on any atom is -0.493 e. The minimum absolute atomic E-state index is 0.208. The highest BCUT2D eigenvalue weighted by Crippen LogP contribution is 2.45. The van der Waals surface area contributed by atoms with Crippen LogP contribution in [0.3, 0.4) is 0 Å². The monoisotopic (exact) mass is 424 g/mol. The first-order valence-electron chi connectivity index (χ1n) is 10.0. The van der Waals surface area contributed by atoms with E-state index in [-0.39, 0.29) is 29.5 Å². The van der Waals surface area contributed by atoms with Gasteiger partial charge in [0.1, 0.15) is 11.6 Å². The van der Waals surface area contributed by atoms with Gasteiger partial charge < -0.3 is 19.5 Å². The van der Waals surface area contributed by atoms with Crippen LogP contribution in [0.2, 0.25) is 0 Å². The maximum Gasteiger partial charge on any atom is 0.344 e. The van der Waals surface area contributed by atoms with Crippen molar-refractivity contribution in [2.45, 2.75) is 38.6 Å². The molecule has 0 aromatic heterocycles. The van der Waals surface area contributed by atoms with Gasteiger partial charge in [-0.05, 0) is 31.0 Å². The van der Waals surface area contributed by atoms with Crippen molar-refractivity contribution in [3.8, 4) is 11.5 Å². The molecule has 31 heavy (non-hydrogen) atoms. The maximum absolute atomic E-state index is 12.9. The minimum atomic E-state index is -0.979. The molecule has 162 valence electrons. The van der Waals surface area contributed by atoms with Crippen LogP contribution >= 0.6 is 0 Å². The number of nitrogens with one attached hydrogen (secondary N) is 1. The predicted molar refractivity (Wildman–Crippen MR) is 111 cm³/mol. The zero-order chi connectivity index (χ0) is 22.1. The fraction of sp³-hybridized carbons (Fsp3) is 0.348. The summed E-state index contributed by atoms with van der Waals surface area (Å²) < 4.78 is 16.1. The van der Waals surface area contributed by atoms with Gasteiger partial charge in [0.2, 0.25) is 18.0 Å². The van der Waals surface area contributed by atoms with Crippen LogP contribution in [0.25, 0.3) is 0 Å².